The van der Waals surface area contributed by atoms with E-state index in [-0.39, 0.29) is 17.6 Å². The first-order valence-corrected chi connectivity index (χ1v) is 11.7. The van der Waals surface area contributed by atoms with Crippen LogP contribution in [0.5, 0.6) is 5.75 Å². The lowest BCUT2D eigenvalue weighted by atomic mass is 9.79. The molecule has 1 amide bonds. The third-order valence-corrected chi connectivity index (χ3v) is 7.18. The van der Waals surface area contributed by atoms with Gasteiger partial charge in [0, 0.05) is 25.0 Å². The maximum atomic E-state index is 12.8. The van der Waals surface area contributed by atoms with E-state index in [2.05, 4.69) is 5.32 Å². The Labute approximate surface area is 175 Å². The van der Waals surface area contributed by atoms with Gasteiger partial charge in [0.2, 0.25) is 0 Å². The molecule has 0 aromatic heterocycles. The van der Waals surface area contributed by atoms with Crippen molar-refractivity contribution in [2.24, 2.45) is 0 Å². The largest absolute Gasteiger partial charge is 0.491 e. The highest BCUT2D eigenvalue weighted by atomic mass is 16.5. The van der Waals surface area contributed by atoms with E-state index in [1.165, 1.54) is 64.5 Å². The van der Waals surface area contributed by atoms with Gasteiger partial charge in [-0.05, 0) is 69.2 Å². The summed E-state index contributed by atoms with van der Waals surface area (Å²) in [5, 5.41) is 3.28. The maximum absolute atomic E-state index is 12.8. The molecule has 29 heavy (non-hydrogen) atoms. The van der Waals surface area contributed by atoms with E-state index < -0.39 is 0 Å². The maximum Gasteiger partial charge on any atom is 0.251 e. The number of hydrogen-bond acceptors (Lipinski definition) is 3. The molecule has 2 N–H and O–H groups in total. The predicted octanol–water partition coefficient (Wildman–Crippen LogP) is 2.75. The summed E-state index contributed by atoms with van der Waals surface area (Å²) in [5.41, 5.74) is 0.965. The Morgan fingerprint density at radius 3 is 2.45 bits per heavy atom. The van der Waals surface area contributed by atoms with Crippen LogP contribution in [0.4, 0.5) is 0 Å². The Morgan fingerprint density at radius 1 is 1.03 bits per heavy atom. The van der Waals surface area contributed by atoms with Crippen LogP contribution in [-0.4, -0.2) is 50.4 Å². The Balaban J connectivity index is 1.31. The van der Waals surface area contributed by atoms with Crippen LogP contribution in [-0.2, 0) is 4.74 Å². The van der Waals surface area contributed by atoms with Gasteiger partial charge in [-0.15, -0.1) is 0 Å². The molecule has 1 saturated carbocycles. The molecule has 2 heterocycles. The van der Waals surface area contributed by atoms with Crippen molar-refractivity contribution in [3.63, 3.8) is 0 Å². The Hall–Kier alpha value is -1.59. The van der Waals surface area contributed by atoms with Crippen molar-refractivity contribution < 1.29 is 19.2 Å². The Kier molecular flexibility index (Phi) is 7.09. The number of hydrogen-bond donors (Lipinski definition) is 2. The third kappa shape index (κ3) is 5.32. The molecule has 5 nitrogen and oxygen atoms in total. The molecule has 0 unspecified atom stereocenters. The molecule has 1 atom stereocenters. The number of nitrogens with one attached hydrogen (secondary N) is 2. The highest BCUT2D eigenvalue weighted by Crippen LogP contribution is 2.26. The van der Waals surface area contributed by atoms with E-state index >= 15 is 0 Å². The van der Waals surface area contributed by atoms with E-state index in [0.717, 1.165) is 31.7 Å². The number of likely N-dealkylation sites (tertiary alicyclic amines) is 1. The van der Waals surface area contributed by atoms with Crippen molar-refractivity contribution in [3.05, 3.63) is 29.8 Å². The number of amides is 1. The van der Waals surface area contributed by atoms with Crippen molar-refractivity contribution >= 4 is 5.91 Å². The highest BCUT2D eigenvalue weighted by molar-refractivity contribution is 5.94. The molecule has 1 aromatic rings. The topological polar surface area (TPSA) is 52.0 Å². The van der Waals surface area contributed by atoms with Gasteiger partial charge in [0.05, 0.1) is 25.7 Å². The van der Waals surface area contributed by atoms with Gasteiger partial charge in [0.1, 0.15) is 17.9 Å². The minimum atomic E-state index is 0.0389. The van der Waals surface area contributed by atoms with Crippen molar-refractivity contribution in [2.75, 3.05) is 32.8 Å². The molecular weight excluding hydrogens is 364 g/mol. The van der Waals surface area contributed by atoms with E-state index in [1.807, 2.05) is 24.3 Å². The zero-order valence-corrected chi connectivity index (χ0v) is 17.7. The van der Waals surface area contributed by atoms with Crippen molar-refractivity contribution in [1.82, 2.24) is 5.32 Å². The van der Waals surface area contributed by atoms with Crippen LogP contribution < -0.4 is 15.0 Å². The molecule has 0 spiro atoms. The monoisotopic (exact) mass is 401 g/mol. The number of ether oxygens (including phenoxy) is 2. The SMILES string of the molecule is O=C(NCC1([NH+]2CCCCC2)CCCCC1)c1ccc(OC[C@H]2CCCO2)cc1. The number of piperidine rings is 1. The minimum absolute atomic E-state index is 0.0389. The summed E-state index contributed by atoms with van der Waals surface area (Å²) in [6.07, 6.45) is 12.9. The second-order valence-corrected chi connectivity index (χ2v) is 9.16. The number of carbonyl (C=O) groups excluding carboxylic acids is 1. The number of rotatable bonds is 7. The zero-order chi connectivity index (χ0) is 19.9. The molecular formula is C24H37N2O3+. The minimum Gasteiger partial charge on any atom is -0.491 e. The Bertz CT molecular complexity index is 643. The molecule has 0 bridgehead atoms. The van der Waals surface area contributed by atoms with Gasteiger partial charge in [-0.25, -0.2) is 0 Å². The van der Waals surface area contributed by atoms with E-state index in [9.17, 15) is 4.79 Å². The number of benzene rings is 1. The van der Waals surface area contributed by atoms with Gasteiger partial charge in [-0.3, -0.25) is 4.79 Å². The summed E-state index contributed by atoms with van der Waals surface area (Å²) in [7, 11) is 0. The van der Waals surface area contributed by atoms with Crippen LogP contribution in [0.2, 0.25) is 0 Å². The van der Waals surface area contributed by atoms with Crippen LogP contribution in [0.3, 0.4) is 0 Å². The molecule has 2 saturated heterocycles. The molecule has 3 aliphatic rings. The summed E-state index contributed by atoms with van der Waals surface area (Å²) in [6.45, 7) is 4.78. The summed E-state index contributed by atoms with van der Waals surface area (Å²) in [6, 6.07) is 7.55. The highest BCUT2D eigenvalue weighted by Gasteiger charge is 2.42. The number of quaternary nitrogens is 1. The molecule has 2 aliphatic heterocycles. The lowest BCUT2D eigenvalue weighted by Crippen LogP contribution is -3.22. The van der Waals surface area contributed by atoms with E-state index in [1.54, 1.807) is 4.90 Å². The average molecular weight is 402 g/mol. The van der Waals surface area contributed by atoms with E-state index in [0.29, 0.717) is 12.2 Å². The standard InChI is InChI=1S/C24H36N2O3/c27-23(20-9-11-21(12-10-20)29-18-22-8-7-17-28-22)25-19-24(13-3-1-4-14-24)26-15-5-2-6-16-26/h9-12,22H,1-8,13-19H2,(H,25,27)/p+1/t22-/m1/s1. The molecule has 3 fully saturated rings. The first-order chi connectivity index (χ1) is 14.3. The molecule has 1 aliphatic carbocycles. The quantitative estimate of drug-likeness (QED) is 0.739. The summed E-state index contributed by atoms with van der Waals surface area (Å²) < 4.78 is 11.4. The lowest BCUT2D eigenvalue weighted by molar-refractivity contribution is -0.957. The van der Waals surface area contributed by atoms with Gasteiger partial charge >= 0.3 is 0 Å². The second kappa shape index (κ2) is 9.94. The van der Waals surface area contributed by atoms with Gasteiger partial charge in [0.15, 0.2) is 0 Å². The van der Waals surface area contributed by atoms with Gasteiger partial charge in [0.25, 0.3) is 5.91 Å². The van der Waals surface area contributed by atoms with Crippen LogP contribution >= 0.6 is 0 Å². The first-order valence-electron chi connectivity index (χ1n) is 11.7. The summed E-state index contributed by atoms with van der Waals surface area (Å²) >= 11 is 0. The van der Waals surface area contributed by atoms with Crippen molar-refractivity contribution in [3.8, 4) is 5.75 Å². The van der Waals surface area contributed by atoms with Gasteiger partial charge < -0.3 is 19.7 Å². The fraction of sp³-hybridized carbons (Fsp3) is 0.708. The smallest absolute Gasteiger partial charge is 0.251 e. The second-order valence-electron chi connectivity index (χ2n) is 9.16. The van der Waals surface area contributed by atoms with Gasteiger partial charge in [-0.2, -0.15) is 0 Å². The first kappa shape index (κ1) is 20.7. The molecule has 160 valence electrons. The van der Waals surface area contributed by atoms with Crippen LogP contribution in [0.25, 0.3) is 0 Å². The van der Waals surface area contributed by atoms with E-state index in [4.69, 9.17) is 9.47 Å². The van der Waals surface area contributed by atoms with Crippen LogP contribution in [0.1, 0.15) is 74.6 Å². The fourth-order valence-electron chi connectivity index (χ4n) is 5.41. The van der Waals surface area contributed by atoms with Crippen LogP contribution in [0, 0.1) is 0 Å². The molecule has 0 radical (unpaired) electrons. The third-order valence-electron chi connectivity index (χ3n) is 7.18. The predicted molar refractivity (Wildman–Crippen MR) is 114 cm³/mol. The molecule has 1 aromatic carbocycles. The van der Waals surface area contributed by atoms with Gasteiger partial charge in [-0.1, -0.05) is 6.42 Å². The number of carbonyl (C=O) groups is 1. The zero-order valence-electron chi connectivity index (χ0n) is 17.7. The van der Waals surface area contributed by atoms with Crippen molar-refractivity contribution in [1.29, 1.82) is 0 Å². The molecule has 5 heteroatoms. The normalized spacial score (nSPS) is 24.9. The average Bonchev–Trinajstić information content (AvgIpc) is 3.31. The van der Waals surface area contributed by atoms with Crippen LogP contribution in [0.15, 0.2) is 24.3 Å². The summed E-state index contributed by atoms with van der Waals surface area (Å²) in [5.74, 6) is 0.843. The Morgan fingerprint density at radius 2 is 1.76 bits per heavy atom. The lowest BCUT2D eigenvalue weighted by Gasteiger charge is -2.45. The summed E-state index contributed by atoms with van der Waals surface area (Å²) in [4.78, 5) is 14.5. The van der Waals surface area contributed by atoms with Crippen molar-refractivity contribution in [2.45, 2.75) is 75.9 Å². The molecule has 4 rings (SSSR count). The fourth-order valence-corrected chi connectivity index (χ4v) is 5.41.